The number of hydrogen-bond donors (Lipinski definition) is 3. The van der Waals surface area contributed by atoms with Crippen LogP contribution in [-0.2, 0) is 50.8 Å². The second-order valence-corrected chi connectivity index (χ2v) is 20.9. The van der Waals surface area contributed by atoms with Crippen molar-refractivity contribution in [1.82, 2.24) is 30.2 Å². The molecule has 0 unspecified atom stereocenters. The first-order chi connectivity index (χ1) is 34.8. The van der Waals surface area contributed by atoms with E-state index in [0.717, 1.165) is 102 Å². The molecular weight excluding hydrogens is 1100 g/mol. The van der Waals surface area contributed by atoms with Crippen molar-refractivity contribution >= 4 is 61.7 Å². The number of anilines is 2. The van der Waals surface area contributed by atoms with Gasteiger partial charge in [-0.2, -0.15) is 36.3 Å². The standard InChI is InChI=1S/C25H28BrF3N4O3.C16H13BrF3N3O2.C9H15NO2/c1-35-22-19(12-33-13-24(23(34)36-2)10-8-14(33)9-11-24)30-20(25(27,28)29)21(32-22)31-18-7-6-15-16(18)4-3-5-17(15)26;1-25-15-12(7-24)21-13(16(18,19)20)14(23-15)22-11-6-5-8-9(11)3-2-4-10(8)17;1-12-8(11)9-4-2-7(3-5-9)10-6-9/h3-5,14,18H,6-13H2,1-2H3,(H,31,32);2-4,7,11H,5-6H2,1H3,(H,22,23);7,10H,2-6H2,1H3/t14?,18-,24?;11-;/m00./s1. The minimum absolute atomic E-state index is 0.0202. The molecule has 2 saturated carbocycles. The Labute approximate surface area is 434 Å². The van der Waals surface area contributed by atoms with E-state index >= 15 is 0 Å². The highest BCUT2D eigenvalue weighted by atomic mass is 79.9. The summed E-state index contributed by atoms with van der Waals surface area (Å²) in [6.45, 7) is 1.36. The monoisotopic (exact) mass is 1150 g/mol. The summed E-state index contributed by atoms with van der Waals surface area (Å²) < 4.78 is 105. The Bertz CT molecular complexity index is 2690. The van der Waals surface area contributed by atoms with E-state index in [2.05, 4.69) is 67.7 Å². The first kappa shape index (κ1) is 54.1. The molecule has 4 aliphatic carbocycles. The van der Waals surface area contributed by atoms with Crippen molar-refractivity contribution in [3.8, 4) is 11.8 Å². The number of nitrogens with one attached hydrogen (secondary N) is 3. The predicted octanol–water partition coefficient (Wildman–Crippen LogP) is 10.2. The highest BCUT2D eigenvalue weighted by molar-refractivity contribution is 9.10. The Hall–Kier alpha value is -5.13. The lowest BCUT2D eigenvalue weighted by atomic mass is 9.67. The number of esters is 2. The van der Waals surface area contributed by atoms with E-state index in [0.29, 0.717) is 25.4 Å². The van der Waals surface area contributed by atoms with Gasteiger partial charge in [0.1, 0.15) is 5.69 Å². The quantitative estimate of drug-likeness (QED) is 0.0733. The minimum Gasteiger partial charge on any atom is -0.480 e. The molecule has 6 heterocycles. The normalized spacial score (nSPS) is 24.7. The highest BCUT2D eigenvalue weighted by Gasteiger charge is 2.51. The Morgan fingerprint density at radius 1 is 0.712 bits per heavy atom. The molecule has 2 atom stereocenters. The van der Waals surface area contributed by atoms with Gasteiger partial charge in [0.15, 0.2) is 35.0 Å². The van der Waals surface area contributed by atoms with Crippen molar-refractivity contribution in [3.63, 3.8) is 0 Å². The zero-order valence-electron chi connectivity index (χ0n) is 40.6. The summed E-state index contributed by atoms with van der Waals surface area (Å²) in [6, 6.07) is 11.5. The molecule has 23 heteroatoms. The highest BCUT2D eigenvalue weighted by Crippen LogP contribution is 2.48. The van der Waals surface area contributed by atoms with Gasteiger partial charge >= 0.3 is 24.3 Å². The molecule has 4 saturated heterocycles. The molecule has 2 aromatic carbocycles. The summed E-state index contributed by atoms with van der Waals surface area (Å²) in [4.78, 5) is 52.5. The first-order valence-corrected chi connectivity index (χ1v) is 25.6. The van der Waals surface area contributed by atoms with E-state index in [-0.39, 0.29) is 71.6 Å². The Kier molecular flexibility index (Phi) is 16.3. The number of benzene rings is 2. The van der Waals surface area contributed by atoms with Crippen LogP contribution in [0, 0.1) is 10.8 Å². The number of aldehydes is 1. The number of carbonyl (C=O) groups is 3. The molecule has 4 aliphatic heterocycles. The zero-order chi connectivity index (χ0) is 52.5. The lowest BCUT2D eigenvalue weighted by molar-refractivity contribution is -0.163. The molecule has 0 amide bonds. The van der Waals surface area contributed by atoms with Gasteiger partial charge in [0.25, 0.3) is 0 Å². The molecule has 0 radical (unpaired) electrons. The third-order valence-corrected chi connectivity index (χ3v) is 16.6. The molecule has 4 bridgehead atoms. The third-order valence-electron chi connectivity index (χ3n) is 15.1. The van der Waals surface area contributed by atoms with Crippen LogP contribution in [0.5, 0.6) is 11.8 Å². The van der Waals surface area contributed by atoms with Gasteiger partial charge in [-0.25, -0.2) is 9.97 Å². The van der Waals surface area contributed by atoms with Gasteiger partial charge in [-0.3, -0.25) is 19.3 Å². The largest absolute Gasteiger partial charge is 0.480 e. The number of halogens is 8. The Morgan fingerprint density at radius 3 is 1.67 bits per heavy atom. The number of rotatable bonds is 11. The van der Waals surface area contributed by atoms with E-state index in [1.165, 1.54) is 28.4 Å². The van der Waals surface area contributed by atoms with Crippen LogP contribution in [0.1, 0.15) is 126 Å². The lowest BCUT2D eigenvalue weighted by Gasteiger charge is -2.51. The van der Waals surface area contributed by atoms with Gasteiger partial charge < -0.3 is 34.9 Å². The van der Waals surface area contributed by atoms with Crippen molar-refractivity contribution in [2.45, 2.75) is 120 Å². The van der Waals surface area contributed by atoms with E-state index in [1.807, 2.05) is 41.3 Å². The zero-order valence-corrected chi connectivity index (χ0v) is 43.7. The molecule has 0 spiro atoms. The van der Waals surface area contributed by atoms with Crippen LogP contribution in [0.2, 0.25) is 0 Å². The summed E-state index contributed by atoms with van der Waals surface area (Å²) in [7, 11) is 5.46. The van der Waals surface area contributed by atoms with Gasteiger partial charge in [0.05, 0.1) is 51.4 Å². The molecule has 2 aromatic heterocycles. The summed E-state index contributed by atoms with van der Waals surface area (Å²) in [5, 5.41) is 9.18. The number of carbonyl (C=O) groups excluding carboxylic acids is 3. The number of hydrogen-bond acceptors (Lipinski definition) is 15. The van der Waals surface area contributed by atoms with Gasteiger partial charge in [-0.05, 0) is 111 Å². The first-order valence-electron chi connectivity index (χ1n) is 24.0. The van der Waals surface area contributed by atoms with Crippen molar-refractivity contribution in [1.29, 1.82) is 0 Å². The maximum atomic E-state index is 14.2. The molecule has 3 N–H and O–H groups in total. The number of aromatic nitrogens is 4. The van der Waals surface area contributed by atoms with Crippen LogP contribution < -0.4 is 25.4 Å². The number of piperidine rings is 4. The van der Waals surface area contributed by atoms with Gasteiger partial charge in [-0.15, -0.1) is 0 Å². The fraction of sp³-hybridized carbons (Fsp3) is 0.540. The SMILES string of the molecule is COC(=O)C12CCC(CC1)N(Cc1nc(C(F)(F)F)c(N[C@H]3CCc4c(Br)cccc43)nc1OC)C2.COC(=O)C12CCC(CC1)NC2.COc1nc(N[C@H]2CCc3c(Br)cccc32)c(C(F)(F)F)nc1C=O. The minimum atomic E-state index is -4.75. The third kappa shape index (κ3) is 11.3. The fourth-order valence-electron chi connectivity index (χ4n) is 11.3. The van der Waals surface area contributed by atoms with Crippen LogP contribution in [0.15, 0.2) is 45.3 Å². The lowest BCUT2D eigenvalue weighted by Crippen LogP contribution is -2.57. The predicted molar refractivity (Wildman–Crippen MR) is 262 cm³/mol. The Morgan fingerprint density at radius 2 is 1.21 bits per heavy atom. The second kappa shape index (κ2) is 22.0. The maximum Gasteiger partial charge on any atom is 0.437 e. The molecule has 394 valence electrons. The second-order valence-electron chi connectivity index (χ2n) is 19.2. The van der Waals surface area contributed by atoms with Crippen LogP contribution in [0.4, 0.5) is 38.0 Å². The van der Waals surface area contributed by atoms with Crippen molar-refractivity contribution in [2.75, 3.05) is 52.2 Å². The number of fused-ring (bicyclic) bond motifs is 8. The van der Waals surface area contributed by atoms with E-state index < -0.39 is 40.7 Å². The summed E-state index contributed by atoms with van der Waals surface area (Å²) in [5.41, 5.74) is 0.504. The van der Waals surface area contributed by atoms with Gasteiger partial charge in [-0.1, -0.05) is 56.1 Å². The molecule has 8 aliphatic rings. The molecule has 12 rings (SSSR count). The number of nitrogens with zero attached hydrogens (tertiary/aromatic N) is 5. The van der Waals surface area contributed by atoms with Crippen LogP contribution in [0.25, 0.3) is 0 Å². The number of methoxy groups -OCH3 is 4. The van der Waals surface area contributed by atoms with Crippen LogP contribution in [0.3, 0.4) is 0 Å². The van der Waals surface area contributed by atoms with Crippen molar-refractivity contribution in [3.05, 3.63) is 90.4 Å². The molecule has 15 nitrogen and oxygen atoms in total. The smallest absolute Gasteiger partial charge is 0.437 e. The Balaban J connectivity index is 0.000000165. The van der Waals surface area contributed by atoms with Gasteiger partial charge in [0, 0.05) is 40.7 Å². The summed E-state index contributed by atoms with van der Waals surface area (Å²) >= 11 is 6.98. The topological polar surface area (TPSA) is 179 Å². The molecule has 4 aromatic rings. The van der Waals surface area contributed by atoms with Crippen molar-refractivity contribution < 1.29 is 59.7 Å². The molecule has 73 heavy (non-hydrogen) atoms. The van der Waals surface area contributed by atoms with E-state index in [1.54, 1.807) is 0 Å². The van der Waals surface area contributed by atoms with Gasteiger partial charge in [0.2, 0.25) is 11.8 Å². The molecular formula is C50H56Br2F6N8O7. The van der Waals surface area contributed by atoms with E-state index in [4.69, 9.17) is 18.9 Å². The summed E-state index contributed by atoms with van der Waals surface area (Å²) in [6.07, 6.45) is 0.774. The number of alkyl halides is 6. The maximum absolute atomic E-state index is 14.2. The fourth-order valence-corrected chi connectivity index (χ4v) is 12.4. The molecule has 6 fully saturated rings. The number of ether oxygens (including phenoxy) is 4. The van der Waals surface area contributed by atoms with Crippen molar-refractivity contribution in [2.24, 2.45) is 10.8 Å². The van der Waals surface area contributed by atoms with E-state index in [9.17, 15) is 40.7 Å². The average Bonchev–Trinajstić information content (AvgIpc) is 4.01. The van der Waals surface area contributed by atoms with Crippen LogP contribution in [-0.4, -0.2) is 96.7 Å². The summed E-state index contributed by atoms with van der Waals surface area (Å²) in [5.74, 6) is -1.28. The van der Waals surface area contributed by atoms with Crippen LogP contribution >= 0.6 is 31.9 Å². The average molecular weight is 1150 g/mol.